The molecule has 0 unspecified atom stereocenters. The van der Waals surface area contributed by atoms with Gasteiger partial charge in [0.05, 0.1) is 17.4 Å². The first kappa shape index (κ1) is 16.7. The smallest absolute Gasteiger partial charge is 0.261 e. The Balaban J connectivity index is 1.73. The van der Waals surface area contributed by atoms with Crippen LogP contribution in [-0.2, 0) is 13.0 Å². The van der Waals surface area contributed by atoms with Crippen molar-refractivity contribution in [3.05, 3.63) is 75.0 Å². The number of nitrogens with zero attached hydrogens (tertiary/aromatic N) is 4. The summed E-state index contributed by atoms with van der Waals surface area (Å²) in [6.07, 6.45) is 0.636. The Morgan fingerprint density at radius 3 is 2.62 bits per heavy atom. The van der Waals surface area contributed by atoms with Crippen LogP contribution in [0, 0.1) is 0 Å². The lowest BCUT2D eigenvalue weighted by Crippen LogP contribution is -2.26. The molecule has 0 atom stereocenters. The highest BCUT2D eigenvalue weighted by molar-refractivity contribution is 9.10. The fourth-order valence-corrected chi connectivity index (χ4v) is 3.08. The Morgan fingerprint density at radius 1 is 1.08 bits per heavy atom. The van der Waals surface area contributed by atoms with E-state index in [2.05, 4.69) is 31.1 Å². The fraction of sp³-hybridized carbons (Fsp3) is 0.158. The van der Waals surface area contributed by atoms with E-state index in [4.69, 9.17) is 4.52 Å². The van der Waals surface area contributed by atoms with Gasteiger partial charge in [0.1, 0.15) is 5.82 Å². The van der Waals surface area contributed by atoms with E-state index in [9.17, 15) is 4.79 Å². The summed E-state index contributed by atoms with van der Waals surface area (Å²) in [5.41, 5.74) is 1.43. The predicted octanol–water partition coefficient (Wildman–Crippen LogP) is 3.82. The molecule has 0 fully saturated rings. The Bertz CT molecular complexity index is 1130. The summed E-state index contributed by atoms with van der Waals surface area (Å²) < 4.78 is 7.94. The minimum absolute atomic E-state index is 0.0950. The van der Waals surface area contributed by atoms with Crippen molar-refractivity contribution in [2.75, 3.05) is 0 Å². The van der Waals surface area contributed by atoms with Crippen LogP contribution in [0.25, 0.3) is 22.4 Å². The maximum absolute atomic E-state index is 12.9. The Labute approximate surface area is 157 Å². The minimum Gasteiger partial charge on any atom is -0.334 e. The summed E-state index contributed by atoms with van der Waals surface area (Å²) in [4.78, 5) is 21.9. The third kappa shape index (κ3) is 3.06. The molecule has 7 heteroatoms. The van der Waals surface area contributed by atoms with Crippen LogP contribution in [0.4, 0.5) is 0 Å². The summed E-state index contributed by atoms with van der Waals surface area (Å²) in [6.45, 7) is 2.19. The van der Waals surface area contributed by atoms with E-state index in [0.717, 1.165) is 10.0 Å². The number of rotatable bonds is 4. The quantitative estimate of drug-likeness (QED) is 0.511. The van der Waals surface area contributed by atoms with Crippen LogP contribution < -0.4 is 5.56 Å². The molecule has 0 N–H and O–H groups in total. The second-order valence-corrected chi connectivity index (χ2v) is 6.73. The molecule has 0 saturated carbocycles. The van der Waals surface area contributed by atoms with Gasteiger partial charge in [0.2, 0.25) is 0 Å². The monoisotopic (exact) mass is 410 g/mol. The van der Waals surface area contributed by atoms with Gasteiger partial charge >= 0.3 is 0 Å². The SMILES string of the molecule is CCc1nc2ccccc2c(=O)n1Cc1noc(-c2ccc(Br)cc2)n1. The number of hydrogen-bond acceptors (Lipinski definition) is 5. The van der Waals surface area contributed by atoms with Crippen LogP contribution in [0.15, 0.2) is 62.3 Å². The molecule has 0 aliphatic carbocycles. The molecular formula is C19H15BrN4O2. The number of aromatic nitrogens is 4. The number of hydrogen-bond donors (Lipinski definition) is 0. The van der Waals surface area contributed by atoms with Gasteiger partial charge in [0.25, 0.3) is 11.4 Å². The van der Waals surface area contributed by atoms with Gasteiger partial charge in [-0.3, -0.25) is 9.36 Å². The number of para-hydroxylation sites is 1. The topological polar surface area (TPSA) is 73.8 Å². The summed E-state index contributed by atoms with van der Waals surface area (Å²) in [7, 11) is 0. The average molecular weight is 411 g/mol. The number of halogens is 1. The first-order chi connectivity index (χ1) is 12.7. The fourth-order valence-electron chi connectivity index (χ4n) is 2.82. The van der Waals surface area contributed by atoms with Crippen molar-refractivity contribution >= 4 is 26.8 Å². The van der Waals surface area contributed by atoms with E-state index >= 15 is 0 Å². The molecule has 2 heterocycles. The minimum atomic E-state index is -0.0950. The zero-order chi connectivity index (χ0) is 18.1. The van der Waals surface area contributed by atoms with E-state index in [1.54, 1.807) is 10.6 Å². The number of fused-ring (bicyclic) bond motifs is 1. The highest BCUT2D eigenvalue weighted by Gasteiger charge is 2.14. The van der Waals surface area contributed by atoms with E-state index in [1.165, 1.54) is 0 Å². The Morgan fingerprint density at radius 2 is 1.85 bits per heavy atom. The molecule has 2 aromatic heterocycles. The molecule has 130 valence electrons. The van der Waals surface area contributed by atoms with Gasteiger partial charge in [0, 0.05) is 16.5 Å². The normalized spacial score (nSPS) is 11.2. The van der Waals surface area contributed by atoms with Crippen LogP contribution in [0.1, 0.15) is 18.6 Å². The largest absolute Gasteiger partial charge is 0.334 e. The molecule has 0 amide bonds. The van der Waals surface area contributed by atoms with Crippen molar-refractivity contribution < 1.29 is 4.52 Å². The molecular weight excluding hydrogens is 396 g/mol. The highest BCUT2D eigenvalue weighted by Crippen LogP contribution is 2.20. The summed E-state index contributed by atoms with van der Waals surface area (Å²) in [5, 5.41) is 4.61. The third-order valence-electron chi connectivity index (χ3n) is 4.12. The van der Waals surface area contributed by atoms with Crippen LogP contribution in [0.5, 0.6) is 0 Å². The van der Waals surface area contributed by atoms with E-state index < -0.39 is 0 Å². The average Bonchev–Trinajstić information content (AvgIpc) is 3.13. The maximum Gasteiger partial charge on any atom is 0.261 e. The standard InChI is InChI=1S/C19H15BrN4O2/c1-2-17-21-15-6-4-3-5-14(15)19(25)24(17)11-16-22-18(26-23-16)12-7-9-13(20)10-8-12/h3-10H,2,11H2,1H3. The molecule has 0 radical (unpaired) electrons. The van der Waals surface area contributed by atoms with Gasteiger partial charge in [-0.25, -0.2) is 4.98 Å². The molecule has 2 aromatic carbocycles. The van der Waals surface area contributed by atoms with Crippen molar-refractivity contribution in [2.45, 2.75) is 19.9 Å². The molecule has 0 bridgehead atoms. The van der Waals surface area contributed by atoms with Gasteiger partial charge in [-0.15, -0.1) is 0 Å². The molecule has 6 nitrogen and oxygen atoms in total. The summed E-state index contributed by atoms with van der Waals surface area (Å²) in [5.74, 6) is 1.56. The van der Waals surface area contributed by atoms with Crippen molar-refractivity contribution in [2.24, 2.45) is 0 Å². The molecule has 4 aromatic rings. The molecule has 4 rings (SSSR count). The molecule has 26 heavy (non-hydrogen) atoms. The van der Waals surface area contributed by atoms with Crippen molar-refractivity contribution in [3.63, 3.8) is 0 Å². The Kier molecular flexibility index (Phi) is 4.38. The first-order valence-electron chi connectivity index (χ1n) is 8.22. The van der Waals surface area contributed by atoms with Crippen LogP contribution in [0.2, 0.25) is 0 Å². The predicted molar refractivity (Wildman–Crippen MR) is 102 cm³/mol. The lowest BCUT2D eigenvalue weighted by Gasteiger charge is -2.10. The zero-order valence-electron chi connectivity index (χ0n) is 14.0. The van der Waals surface area contributed by atoms with Crippen molar-refractivity contribution in [1.82, 2.24) is 19.7 Å². The lowest BCUT2D eigenvalue weighted by atomic mass is 10.2. The maximum atomic E-state index is 12.9. The van der Waals surface area contributed by atoms with Gasteiger partial charge in [-0.05, 0) is 36.4 Å². The summed E-state index contributed by atoms with van der Waals surface area (Å²) in [6, 6.07) is 14.9. The van der Waals surface area contributed by atoms with E-state index in [0.29, 0.717) is 34.9 Å². The van der Waals surface area contributed by atoms with Crippen molar-refractivity contribution in [3.8, 4) is 11.5 Å². The second kappa shape index (κ2) is 6.84. The third-order valence-corrected chi connectivity index (χ3v) is 4.64. The second-order valence-electron chi connectivity index (χ2n) is 5.81. The van der Waals surface area contributed by atoms with Gasteiger partial charge in [-0.2, -0.15) is 4.98 Å². The Hall–Kier alpha value is -2.80. The van der Waals surface area contributed by atoms with Crippen LogP contribution in [0.3, 0.4) is 0 Å². The van der Waals surface area contributed by atoms with E-state index in [1.807, 2.05) is 49.4 Å². The van der Waals surface area contributed by atoms with Crippen molar-refractivity contribution in [1.29, 1.82) is 0 Å². The van der Waals surface area contributed by atoms with Crippen LogP contribution in [-0.4, -0.2) is 19.7 Å². The molecule has 0 aliphatic heterocycles. The number of benzene rings is 2. The van der Waals surface area contributed by atoms with E-state index in [-0.39, 0.29) is 12.1 Å². The van der Waals surface area contributed by atoms with Gasteiger partial charge in [0.15, 0.2) is 5.82 Å². The van der Waals surface area contributed by atoms with Gasteiger partial charge < -0.3 is 4.52 Å². The number of aryl methyl sites for hydroxylation is 1. The van der Waals surface area contributed by atoms with Gasteiger partial charge in [-0.1, -0.05) is 40.1 Å². The van der Waals surface area contributed by atoms with Crippen LogP contribution >= 0.6 is 15.9 Å². The zero-order valence-corrected chi connectivity index (χ0v) is 15.6. The first-order valence-corrected chi connectivity index (χ1v) is 9.02. The highest BCUT2D eigenvalue weighted by atomic mass is 79.9. The summed E-state index contributed by atoms with van der Waals surface area (Å²) >= 11 is 3.40. The molecule has 0 saturated heterocycles. The lowest BCUT2D eigenvalue weighted by molar-refractivity contribution is 0.419. The molecule has 0 spiro atoms. The molecule has 0 aliphatic rings.